The van der Waals surface area contributed by atoms with E-state index in [4.69, 9.17) is 4.74 Å². The van der Waals surface area contributed by atoms with Crippen molar-refractivity contribution in [1.29, 1.82) is 0 Å². The number of piperidine rings is 1. The molecule has 0 aliphatic carbocycles. The molecule has 3 aromatic rings. The van der Waals surface area contributed by atoms with Gasteiger partial charge in [-0.25, -0.2) is 8.42 Å². The fourth-order valence-electron chi connectivity index (χ4n) is 5.91. The van der Waals surface area contributed by atoms with E-state index in [1.807, 2.05) is 25.1 Å². The van der Waals surface area contributed by atoms with Crippen LogP contribution in [0.4, 0.5) is 17.1 Å². The van der Waals surface area contributed by atoms with E-state index in [1.165, 1.54) is 22.9 Å². The zero-order chi connectivity index (χ0) is 28.0. The SMILES string of the molecule is Cc1ccc2c(c1)NC(=O)c1cc(S(=O)(=O)N3CCCCC3)c(N3CCN(c4cccc(C)c4C)CC3)cc1O2. The molecule has 6 rings (SSSR count). The van der Waals surface area contributed by atoms with Crippen molar-refractivity contribution in [1.82, 2.24) is 4.31 Å². The molecule has 0 saturated carbocycles. The second-order valence-electron chi connectivity index (χ2n) is 11.0. The number of rotatable bonds is 4. The van der Waals surface area contributed by atoms with Crippen molar-refractivity contribution in [3.63, 3.8) is 0 Å². The van der Waals surface area contributed by atoms with Crippen LogP contribution in [0, 0.1) is 20.8 Å². The Hall–Kier alpha value is -3.56. The van der Waals surface area contributed by atoms with Gasteiger partial charge in [-0.3, -0.25) is 4.79 Å². The van der Waals surface area contributed by atoms with Crippen LogP contribution in [0.3, 0.4) is 0 Å². The minimum Gasteiger partial charge on any atom is -0.454 e. The topological polar surface area (TPSA) is 82.2 Å². The summed E-state index contributed by atoms with van der Waals surface area (Å²) in [6.45, 7) is 10.0. The largest absolute Gasteiger partial charge is 0.454 e. The second-order valence-corrected chi connectivity index (χ2v) is 12.9. The third-order valence-electron chi connectivity index (χ3n) is 8.38. The lowest BCUT2D eigenvalue weighted by Gasteiger charge is -2.39. The van der Waals surface area contributed by atoms with Crippen LogP contribution in [0.15, 0.2) is 53.4 Å². The number of anilines is 3. The predicted molar refractivity (Wildman–Crippen MR) is 159 cm³/mol. The average molecular weight is 561 g/mol. The first-order valence-electron chi connectivity index (χ1n) is 14.1. The summed E-state index contributed by atoms with van der Waals surface area (Å²) in [7, 11) is -3.82. The quantitative estimate of drug-likeness (QED) is 0.456. The monoisotopic (exact) mass is 560 g/mol. The summed E-state index contributed by atoms with van der Waals surface area (Å²) in [4.78, 5) is 18.0. The van der Waals surface area contributed by atoms with Crippen molar-refractivity contribution in [3.8, 4) is 11.5 Å². The van der Waals surface area contributed by atoms with E-state index in [-0.39, 0.29) is 16.4 Å². The summed E-state index contributed by atoms with van der Waals surface area (Å²) in [5, 5.41) is 2.92. The number of aryl methyl sites for hydroxylation is 2. The first kappa shape index (κ1) is 26.7. The van der Waals surface area contributed by atoms with Gasteiger partial charge in [0, 0.05) is 51.0 Å². The smallest absolute Gasteiger partial charge is 0.259 e. The number of piperazine rings is 1. The Balaban J connectivity index is 1.40. The van der Waals surface area contributed by atoms with Crippen molar-refractivity contribution in [2.75, 3.05) is 54.4 Å². The van der Waals surface area contributed by atoms with E-state index in [0.717, 1.165) is 37.9 Å². The van der Waals surface area contributed by atoms with Crippen LogP contribution >= 0.6 is 0 Å². The van der Waals surface area contributed by atoms with E-state index in [1.54, 1.807) is 10.4 Å². The molecule has 8 nitrogen and oxygen atoms in total. The van der Waals surface area contributed by atoms with Crippen LogP contribution in [0.25, 0.3) is 0 Å². The second kappa shape index (κ2) is 10.4. The Labute approximate surface area is 236 Å². The fraction of sp³-hybridized carbons (Fsp3) is 0.387. The third kappa shape index (κ3) is 4.81. The zero-order valence-electron chi connectivity index (χ0n) is 23.4. The van der Waals surface area contributed by atoms with Crippen LogP contribution in [-0.2, 0) is 10.0 Å². The Morgan fingerprint density at radius 2 is 1.48 bits per heavy atom. The summed E-state index contributed by atoms with van der Waals surface area (Å²) < 4.78 is 36.0. The number of amides is 1. The molecule has 0 radical (unpaired) electrons. The van der Waals surface area contributed by atoms with Crippen LogP contribution in [0.2, 0.25) is 0 Å². The van der Waals surface area contributed by atoms with Gasteiger partial charge < -0.3 is 19.9 Å². The number of benzene rings is 3. The van der Waals surface area contributed by atoms with Gasteiger partial charge >= 0.3 is 0 Å². The van der Waals surface area contributed by atoms with Crippen LogP contribution in [0.5, 0.6) is 11.5 Å². The van der Waals surface area contributed by atoms with Crippen LogP contribution < -0.4 is 19.9 Å². The Morgan fingerprint density at radius 1 is 0.775 bits per heavy atom. The molecule has 3 aliphatic rings. The molecule has 9 heteroatoms. The van der Waals surface area contributed by atoms with Gasteiger partial charge in [0.1, 0.15) is 10.6 Å². The molecule has 1 amide bonds. The average Bonchev–Trinajstić information content (AvgIpc) is 3.09. The fourth-order valence-corrected chi connectivity index (χ4v) is 7.65. The third-order valence-corrected chi connectivity index (χ3v) is 10.3. The molecular formula is C31H36N4O4S. The van der Waals surface area contributed by atoms with Crippen molar-refractivity contribution in [2.24, 2.45) is 0 Å². The van der Waals surface area contributed by atoms with Gasteiger partial charge in [0.15, 0.2) is 5.75 Å². The highest BCUT2D eigenvalue weighted by atomic mass is 32.2. The predicted octanol–water partition coefficient (Wildman–Crippen LogP) is 5.47. The summed E-state index contributed by atoms with van der Waals surface area (Å²) in [6, 6.07) is 15.3. The highest BCUT2D eigenvalue weighted by molar-refractivity contribution is 7.89. The lowest BCUT2D eigenvalue weighted by molar-refractivity contribution is 0.102. The molecule has 3 aliphatic heterocycles. The van der Waals surface area contributed by atoms with Crippen molar-refractivity contribution in [2.45, 2.75) is 44.9 Å². The van der Waals surface area contributed by atoms with Crippen LogP contribution in [-0.4, -0.2) is 57.9 Å². The Kier molecular flexibility index (Phi) is 6.96. The lowest BCUT2D eigenvalue weighted by atomic mass is 10.1. The molecule has 0 aromatic heterocycles. The lowest BCUT2D eigenvalue weighted by Crippen LogP contribution is -2.47. The maximum Gasteiger partial charge on any atom is 0.259 e. The van der Waals surface area contributed by atoms with E-state index in [0.29, 0.717) is 49.1 Å². The number of nitrogens with one attached hydrogen (secondary N) is 1. The number of nitrogens with zero attached hydrogens (tertiary/aromatic N) is 3. The molecule has 0 bridgehead atoms. The highest BCUT2D eigenvalue weighted by Crippen LogP contribution is 2.42. The molecule has 0 unspecified atom stereocenters. The van der Waals surface area contributed by atoms with Crippen molar-refractivity contribution in [3.05, 3.63) is 70.8 Å². The molecule has 1 N–H and O–H groups in total. The number of fused-ring (bicyclic) bond motifs is 2. The molecule has 0 atom stereocenters. The van der Waals surface area contributed by atoms with Crippen molar-refractivity contribution < 1.29 is 17.9 Å². The van der Waals surface area contributed by atoms with E-state index in [2.05, 4.69) is 47.2 Å². The number of hydrogen-bond donors (Lipinski definition) is 1. The summed E-state index contributed by atoms with van der Waals surface area (Å²) in [5.74, 6) is 0.528. The maximum atomic E-state index is 14.1. The molecule has 3 heterocycles. The summed E-state index contributed by atoms with van der Waals surface area (Å²) in [5.41, 5.74) is 6.12. The highest BCUT2D eigenvalue weighted by Gasteiger charge is 2.34. The van der Waals surface area contributed by atoms with Gasteiger partial charge in [-0.2, -0.15) is 4.31 Å². The zero-order valence-corrected chi connectivity index (χ0v) is 24.2. The van der Waals surface area contributed by atoms with Crippen molar-refractivity contribution >= 4 is 33.0 Å². The van der Waals surface area contributed by atoms with E-state index in [9.17, 15) is 13.2 Å². The number of hydrogen-bond acceptors (Lipinski definition) is 6. The number of carbonyl (C=O) groups is 1. The first-order chi connectivity index (χ1) is 19.2. The molecule has 40 heavy (non-hydrogen) atoms. The normalized spacial score (nSPS) is 17.9. The summed E-state index contributed by atoms with van der Waals surface area (Å²) >= 11 is 0. The van der Waals surface area contributed by atoms with Gasteiger partial charge in [-0.1, -0.05) is 24.6 Å². The van der Waals surface area contributed by atoms with Gasteiger partial charge in [0.2, 0.25) is 10.0 Å². The minimum atomic E-state index is -3.82. The maximum absolute atomic E-state index is 14.1. The Bertz CT molecular complexity index is 1570. The number of carbonyl (C=O) groups excluding carboxylic acids is 1. The minimum absolute atomic E-state index is 0.175. The molecule has 3 aromatic carbocycles. The van der Waals surface area contributed by atoms with E-state index < -0.39 is 10.0 Å². The molecule has 2 fully saturated rings. The number of sulfonamides is 1. The van der Waals surface area contributed by atoms with Gasteiger partial charge in [0.25, 0.3) is 5.91 Å². The van der Waals surface area contributed by atoms with Gasteiger partial charge in [-0.15, -0.1) is 0 Å². The number of ether oxygens (including phenoxy) is 1. The molecule has 210 valence electrons. The summed E-state index contributed by atoms with van der Waals surface area (Å²) in [6.07, 6.45) is 2.70. The van der Waals surface area contributed by atoms with Crippen LogP contribution in [0.1, 0.15) is 46.3 Å². The molecule has 0 spiro atoms. The molecule has 2 saturated heterocycles. The Morgan fingerprint density at radius 3 is 2.20 bits per heavy atom. The first-order valence-corrected chi connectivity index (χ1v) is 15.5. The van der Waals surface area contributed by atoms with Gasteiger partial charge in [-0.05, 0) is 74.6 Å². The molecular weight excluding hydrogens is 524 g/mol. The standard InChI is InChI=1S/C31H36N4O4S/c1-21-10-11-28-25(18-21)32-31(36)24-19-30(40(37,38)35-12-5-4-6-13-35)27(20-29(24)39-28)34-16-14-33(15-17-34)26-9-7-8-22(2)23(26)3/h7-11,18-20H,4-6,12-17H2,1-3H3,(H,32,36). The van der Waals surface area contributed by atoms with Gasteiger partial charge in [0.05, 0.1) is 16.9 Å². The van der Waals surface area contributed by atoms with E-state index >= 15 is 0 Å².